The number of hydrogen-bond acceptors (Lipinski definition) is 2. The zero-order valence-electron chi connectivity index (χ0n) is 6.49. The molecule has 0 aliphatic heterocycles. The van der Waals surface area contributed by atoms with E-state index in [-0.39, 0.29) is 0 Å². The Morgan fingerprint density at radius 2 is 2.42 bits per heavy atom. The lowest BCUT2D eigenvalue weighted by Crippen LogP contribution is -1.87. The molecule has 2 aromatic heterocycles. The van der Waals surface area contributed by atoms with Gasteiger partial charge >= 0.3 is 0 Å². The summed E-state index contributed by atoms with van der Waals surface area (Å²) in [4.78, 5) is 4.09. The molecule has 0 N–H and O–H groups in total. The molecule has 62 valence electrons. The fraction of sp³-hybridized carbons (Fsp3) is 0.125. The van der Waals surface area contributed by atoms with E-state index in [1.807, 2.05) is 23.7 Å². The molecule has 0 amide bonds. The SMILES string of the molecule is Cn1cnc(Br)c1-c1ccco1. The van der Waals surface area contributed by atoms with E-state index >= 15 is 0 Å². The number of furan rings is 1. The van der Waals surface area contributed by atoms with Crippen molar-refractivity contribution < 1.29 is 4.42 Å². The molecule has 0 aliphatic carbocycles. The normalized spacial score (nSPS) is 10.5. The predicted molar refractivity (Wildman–Crippen MR) is 48.6 cm³/mol. The van der Waals surface area contributed by atoms with Crippen LogP contribution in [0.25, 0.3) is 11.5 Å². The summed E-state index contributed by atoms with van der Waals surface area (Å²) in [6.07, 6.45) is 3.39. The van der Waals surface area contributed by atoms with Gasteiger partial charge in [0.05, 0.1) is 12.6 Å². The van der Waals surface area contributed by atoms with Crippen molar-refractivity contribution in [3.63, 3.8) is 0 Å². The molecule has 0 aliphatic rings. The Labute approximate surface area is 78.2 Å². The van der Waals surface area contributed by atoms with E-state index in [2.05, 4.69) is 20.9 Å². The predicted octanol–water partition coefficient (Wildman–Crippen LogP) is 2.44. The quantitative estimate of drug-likeness (QED) is 0.749. The first-order chi connectivity index (χ1) is 5.79. The van der Waals surface area contributed by atoms with Gasteiger partial charge in [-0.25, -0.2) is 4.98 Å². The molecule has 12 heavy (non-hydrogen) atoms. The summed E-state index contributed by atoms with van der Waals surface area (Å²) in [5.74, 6) is 0.821. The van der Waals surface area contributed by atoms with E-state index in [0.29, 0.717) is 0 Å². The summed E-state index contributed by atoms with van der Waals surface area (Å²) >= 11 is 3.35. The average Bonchev–Trinajstić information content (AvgIpc) is 2.61. The number of imidazole rings is 1. The molecule has 3 nitrogen and oxygen atoms in total. The van der Waals surface area contributed by atoms with Crippen LogP contribution in [0.1, 0.15) is 0 Å². The van der Waals surface area contributed by atoms with Crippen LogP contribution in [0.3, 0.4) is 0 Å². The van der Waals surface area contributed by atoms with Crippen LogP contribution in [0.2, 0.25) is 0 Å². The minimum absolute atomic E-state index is 0.806. The average molecular weight is 227 g/mol. The molecule has 0 radical (unpaired) electrons. The molecule has 2 heterocycles. The molecule has 0 bridgehead atoms. The van der Waals surface area contributed by atoms with Gasteiger partial charge in [-0.2, -0.15) is 0 Å². The molecule has 0 saturated heterocycles. The third kappa shape index (κ3) is 1.08. The van der Waals surface area contributed by atoms with Crippen LogP contribution in [0, 0.1) is 0 Å². The van der Waals surface area contributed by atoms with E-state index < -0.39 is 0 Å². The molecule has 2 rings (SSSR count). The van der Waals surface area contributed by atoms with E-state index in [1.165, 1.54) is 0 Å². The summed E-state index contributed by atoms with van der Waals surface area (Å²) < 4.78 is 7.96. The Kier molecular flexibility index (Phi) is 1.77. The molecular weight excluding hydrogens is 220 g/mol. The van der Waals surface area contributed by atoms with Crippen LogP contribution in [0.5, 0.6) is 0 Å². The van der Waals surface area contributed by atoms with Crippen LogP contribution in [-0.4, -0.2) is 9.55 Å². The Morgan fingerprint density at radius 3 is 2.92 bits per heavy atom. The second-order valence-corrected chi connectivity index (χ2v) is 3.22. The van der Waals surface area contributed by atoms with Gasteiger partial charge in [0.15, 0.2) is 5.76 Å². The third-order valence-corrected chi connectivity index (χ3v) is 2.23. The summed E-state index contributed by atoms with van der Waals surface area (Å²) in [7, 11) is 1.93. The van der Waals surface area contributed by atoms with Crippen molar-refractivity contribution in [3.8, 4) is 11.5 Å². The third-order valence-electron chi connectivity index (χ3n) is 1.65. The summed E-state index contributed by atoms with van der Waals surface area (Å²) in [5.41, 5.74) is 0.958. The first kappa shape index (κ1) is 7.61. The Hall–Kier alpha value is -1.03. The van der Waals surface area contributed by atoms with Crippen LogP contribution >= 0.6 is 15.9 Å². The van der Waals surface area contributed by atoms with Gasteiger partial charge in [0, 0.05) is 7.05 Å². The number of nitrogens with zero attached hydrogens (tertiary/aromatic N) is 2. The van der Waals surface area contributed by atoms with Crippen molar-refractivity contribution in [2.45, 2.75) is 0 Å². The van der Waals surface area contributed by atoms with Crippen LogP contribution in [0.15, 0.2) is 33.7 Å². The molecule has 4 heteroatoms. The maximum absolute atomic E-state index is 5.25. The fourth-order valence-electron chi connectivity index (χ4n) is 1.09. The number of aryl methyl sites for hydroxylation is 1. The van der Waals surface area contributed by atoms with E-state index in [0.717, 1.165) is 16.1 Å². The van der Waals surface area contributed by atoms with Gasteiger partial charge in [-0.05, 0) is 28.1 Å². The molecule has 0 saturated carbocycles. The molecule has 0 unspecified atom stereocenters. The van der Waals surface area contributed by atoms with Gasteiger partial charge in [-0.1, -0.05) is 0 Å². The van der Waals surface area contributed by atoms with Gasteiger partial charge in [-0.15, -0.1) is 0 Å². The monoisotopic (exact) mass is 226 g/mol. The van der Waals surface area contributed by atoms with Gasteiger partial charge in [0.1, 0.15) is 10.3 Å². The van der Waals surface area contributed by atoms with Crippen molar-refractivity contribution in [2.24, 2.45) is 7.05 Å². The first-order valence-corrected chi connectivity index (χ1v) is 4.29. The van der Waals surface area contributed by atoms with Crippen molar-refractivity contribution in [1.82, 2.24) is 9.55 Å². The van der Waals surface area contributed by atoms with E-state index in [9.17, 15) is 0 Å². The standard InChI is InChI=1S/C8H7BrN2O/c1-11-5-10-8(9)7(11)6-3-2-4-12-6/h2-5H,1H3. The Morgan fingerprint density at radius 1 is 1.58 bits per heavy atom. The van der Waals surface area contributed by atoms with E-state index in [4.69, 9.17) is 4.42 Å². The largest absolute Gasteiger partial charge is 0.463 e. The van der Waals surface area contributed by atoms with Crippen molar-refractivity contribution in [2.75, 3.05) is 0 Å². The highest BCUT2D eigenvalue weighted by molar-refractivity contribution is 9.10. The van der Waals surface area contributed by atoms with Gasteiger partial charge in [0.25, 0.3) is 0 Å². The molecule has 0 atom stereocenters. The molecule has 0 fully saturated rings. The lowest BCUT2D eigenvalue weighted by molar-refractivity contribution is 0.576. The van der Waals surface area contributed by atoms with Crippen LogP contribution < -0.4 is 0 Å². The fourth-order valence-corrected chi connectivity index (χ4v) is 1.66. The topological polar surface area (TPSA) is 31.0 Å². The maximum atomic E-state index is 5.25. The second-order valence-electron chi connectivity index (χ2n) is 2.47. The Bertz CT molecular complexity index is 358. The number of aromatic nitrogens is 2. The van der Waals surface area contributed by atoms with Crippen LogP contribution in [0.4, 0.5) is 0 Å². The first-order valence-electron chi connectivity index (χ1n) is 3.49. The van der Waals surface area contributed by atoms with Gasteiger partial charge in [0.2, 0.25) is 0 Å². The smallest absolute Gasteiger partial charge is 0.153 e. The summed E-state index contributed by atoms with van der Waals surface area (Å²) in [6.45, 7) is 0. The van der Waals surface area contributed by atoms with Gasteiger partial charge in [-0.3, -0.25) is 0 Å². The number of rotatable bonds is 1. The number of halogens is 1. The van der Waals surface area contributed by atoms with Crippen molar-refractivity contribution >= 4 is 15.9 Å². The number of hydrogen-bond donors (Lipinski definition) is 0. The highest BCUT2D eigenvalue weighted by atomic mass is 79.9. The molecule has 0 spiro atoms. The van der Waals surface area contributed by atoms with Crippen molar-refractivity contribution in [1.29, 1.82) is 0 Å². The second kappa shape index (κ2) is 2.79. The lowest BCUT2D eigenvalue weighted by atomic mass is 10.3. The molecule has 0 aromatic carbocycles. The highest BCUT2D eigenvalue weighted by Crippen LogP contribution is 2.26. The van der Waals surface area contributed by atoms with Gasteiger partial charge < -0.3 is 8.98 Å². The maximum Gasteiger partial charge on any atom is 0.153 e. The van der Waals surface area contributed by atoms with E-state index in [1.54, 1.807) is 12.6 Å². The zero-order chi connectivity index (χ0) is 8.55. The lowest BCUT2D eigenvalue weighted by Gasteiger charge is -1.97. The minimum Gasteiger partial charge on any atom is -0.463 e. The Balaban J connectivity index is 2.60. The summed E-state index contributed by atoms with van der Waals surface area (Å²) in [5, 5.41) is 0. The zero-order valence-corrected chi connectivity index (χ0v) is 8.08. The minimum atomic E-state index is 0.806. The van der Waals surface area contributed by atoms with Crippen LogP contribution in [-0.2, 0) is 7.05 Å². The highest BCUT2D eigenvalue weighted by Gasteiger charge is 2.10. The molecule has 2 aromatic rings. The summed E-state index contributed by atoms with van der Waals surface area (Å²) in [6, 6.07) is 3.76. The van der Waals surface area contributed by atoms with Crippen molar-refractivity contribution in [3.05, 3.63) is 29.3 Å². The molecular formula is C8H7BrN2O.